The summed E-state index contributed by atoms with van der Waals surface area (Å²) in [6.45, 7) is 1.68. The van der Waals surface area contributed by atoms with E-state index in [2.05, 4.69) is 10.3 Å². The smallest absolute Gasteiger partial charge is 0.261 e. The molecule has 0 aliphatic carbocycles. The second-order valence-electron chi connectivity index (χ2n) is 3.98. The van der Waals surface area contributed by atoms with Crippen molar-refractivity contribution in [2.45, 2.75) is 6.92 Å². The fourth-order valence-corrected chi connectivity index (χ4v) is 1.73. The van der Waals surface area contributed by atoms with Crippen molar-refractivity contribution in [1.82, 2.24) is 4.98 Å². The topological polar surface area (TPSA) is 85.8 Å². The summed E-state index contributed by atoms with van der Waals surface area (Å²) < 4.78 is 0. The van der Waals surface area contributed by atoms with Gasteiger partial charge in [0.05, 0.1) is 11.3 Å². The third kappa shape index (κ3) is 2.53. The van der Waals surface area contributed by atoms with Crippen molar-refractivity contribution in [2.24, 2.45) is 0 Å². The maximum Gasteiger partial charge on any atom is 0.261 e. The number of H-pyrrole nitrogens is 1. The number of aromatic amines is 1. The van der Waals surface area contributed by atoms with E-state index >= 15 is 0 Å². The Morgan fingerprint density at radius 1 is 1.32 bits per heavy atom. The number of pyridine rings is 1. The molecule has 0 aliphatic heterocycles. The van der Waals surface area contributed by atoms with Crippen LogP contribution in [0.15, 0.2) is 41.3 Å². The Morgan fingerprint density at radius 3 is 2.74 bits per heavy atom. The summed E-state index contributed by atoms with van der Waals surface area (Å²) in [4.78, 5) is 26.2. The second kappa shape index (κ2) is 5.19. The first-order valence-corrected chi connectivity index (χ1v) is 5.62. The van der Waals surface area contributed by atoms with E-state index in [-0.39, 0.29) is 5.56 Å². The minimum absolute atomic E-state index is 0.0512. The maximum absolute atomic E-state index is 12.1. The predicted molar refractivity (Wildman–Crippen MR) is 70.9 cm³/mol. The van der Waals surface area contributed by atoms with Crippen LogP contribution in [0.1, 0.15) is 21.5 Å². The van der Waals surface area contributed by atoms with Gasteiger partial charge in [-0.2, -0.15) is 5.26 Å². The number of hydrogen-bond donors (Lipinski definition) is 2. The summed E-state index contributed by atoms with van der Waals surface area (Å²) in [5.41, 5.74) is 0.913. The molecule has 5 heteroatoms. The Labute approximate surface area is 109 Å². The monoisotopic (exact) mass is 253 g/mol. The second-order valence-corrected chi connectivity index (χ2v) is 3.98. The molecular weight excluding hydrogens is 242 g/mol. The van der Waals surface area contributed by atoms with E-state index in [1.807, 2.05) is 6.07 Å². The van der Waals surface area contributed by atoms with Gasteiger partial charge in [-0.25, -0.2) is 0 Å². The molecule has 1 aromatic carbocycles. The molecule has 0 radical (unpaired) electrons. The van der Waals surface area contributed by atoms with Gasteiger partial charge in [0, 0.05) is 6.20 Å². The van der Waals surface area contributed by atoms with Gasteiger partial charge in [0.15, 0.2) is 0 Å². The highest BCUT2D eigenvalue weighted by Gasteiger charge is 2.14. The average molecular weight is 253 g/mol. The zero-order chi connectivity index (χ0) is 13.8. The molecule has 0 spiro atoms. The quantitative estimate of drug-likeness (QED) is 0.855. The van der Waals surface area contributed by atoms with Crippen molar-refractivity contribution in [1.29, 1.82) is 5.26 Å². The average Bonchev–Trinajstić information content (AvgIpc) is 2.39. The number of nitriles is 1. The molecule has 0 saturated carbocycles. The van der Waals surface area contributed by atoms with Gasteiger partial charge >= 0.3 is 0 Å². The van der Waals surface area contributed by atoms with E-state index in [9.17, 15) is 9.59 Å². The van der Waals surface area contributed by atoms with Crippen LogP contribution in [-0.4, -0.2) is 10.9 Å². The Bertz CT molecular complexity index is 726. The first-order valence-electron chi connectivity index (χ1n) is 5.62. The molecule has 1 aromatic heterocycles. The number of nitrogens with one attached hydrogen (secondary N) is 2. The van der Waals surface area contributed by atoms with Crippen LogP contribution in [0.4, 0.5) is 5.69 Å². The summed E-state index contributed by atoms with van der Waals surface area (Å²) in [5, 5.41) is 11.5. The van der Waals surface area contributed by atoms with E-state index in [0.717, 1.165) is 0 Å². The molecule has 0 fully saturated rings. The molecule has 0 saturated heterocycles. The van der Waals surface area contributed by atoms with Crippen molar-refractivity contribution in [3.05, 3.63) is 63.6 Å². The number of para-hydroxylation sites is 1. The third-order valence-electron chi connectivity index (χ3n) is 2.69. The van der Waals surface area contributed by atoms with Gasteiger partial charge in [0.25, 0.3) is 11.5 Å². The molecular formula is C14H11N3O2. The molecule has 2 N–H and O–H groups in total. The van der Waals surface area contributed by atoms with Crippen LogP contribution in [0, 0.1) is 18.3 Å². The zero-order valence-electron chi connectivity index (χ0n) is 10.2. The lowest BCUT2D eigenvalue weighted by atomic mass is 10.1. The highest BCUT2D eigenvalue weighted by Crippen LogP contribution is 2.14. The van der Waals surface area contributed by atoms with Gasteiger partial charge < -0.3 is 10.3 Å². The lowest BCUT2D eigenvalue weighted by Gasteiger charge is -2.07. The standard InChI is InChI=1S/C14H11N3O2/c1-9-6-7-16-13(18)12(9)14(19)17-11-5-3-2-4-10(11)8-15/h2-7H,1H3,(H,16,18)(H,17,19). The predicted octanol–water partition coefficient (Wildman–Crippen LogP) is 1.81. The van der Waals surface area contributed by atoms with Gasteiger partial charge in [-0.3, -0.25) is 9.59 Å². The molecule has 0 bridgehead atoms. The first-order chi connectivity index (χ1) is 9.13. The van der Waals surface area contributed by atoms with Crippen LogP contribution >= 0.6 is 0 Å². The molecule has 2 aromatic rings. The van der Waals surface area contributed by atoms with Crippen LogP contribution in [0.5, 0.6) is 0 Å². The Morgan fingerprint density at radius 2 is 2.05 bits per heavy atom. The molecule has 1 heterocycles. The number of carbonyl (C=O) groups is 1. The number of amides is 1. The van der Waals surface area contributed by atoms with E-state index in [1.54, 1.807) is 37.3 Å². The van der Waals surface area contributed by atoms with Crippen molar-refractivity contribution < 1.29 is 4.79 Å². The zero-order valence-corrected chi connectivity index (χ0v) is 10.2. The molecule has 1 amide bonds. The van der Waals surface area contributed by atoms with Gasteiger partial charge in [0.1, 0.15) is 11.6 Å². The summed E-state index contributed by atoms with van der Waals surface area (Å²) in [6, 6.07) is 10.2. The largest absolute Gasteiger partial charge is 0.328 e. The number of anilines is 1. The van der Waals surface area contributed by atoms with Crippen molar-refractivity contribution >= 4 is 11.6 Å². The van der Waals surface area contributed by atoms with E-state index in [1.165, 1.54) is 6.20 Å². The number of nitrogens with zero attached hydrogens (tertiary/aromatic N) is 1. The SMILES string of the molecule is Cc1cc[nH]c(=O)c1C(=O)Nc1ccccc1C#N. The molecule has 2 rings (SSSR count). The number of hydrogen-bond acceptors (Lipinski definition) is 3. The number of carbonyl (C=O) groups excluding carboxylic acids is 1. The maximum atomic E-state index is 12.1. The van der Waals surface area contributed by atoms with Crippen molar-refractivity contribution in [3.63, 3.8) is 0 Å². The fourth-order valence-electron chi connectivity index (χ4n) is 1.73. The highest BCUT2D eigenvalue weighted by molar-refractivity contribution is 6.05. The summed E-state index contributed by atoms with van der Waals surface area (Å²) in [6.07, 6.45) is 1.48. The number of aromatic nitrogens is 1. The third-order valence-corrected chi connectivity index (χ3v) is 2.69. The number of aryl methyl sites for hydroxylation is 1. The minimum atomic E-state index is -0.526. The van der Waals surface area contributed by atoms with Crippen molar-refractivity contribution in [2.75, 3.05) is 5.32 Å². The lowest BCUT2D eigenvalue weighted by molar-refractivity contribution is 0.102. The van der Waals surface area contributed by atoms with E-state index < -0.39 is 11.5 Å². The normalized spacial score (nSPS) is 9.68. The van der Waals surface area contributed by atoms with E-state index in [4.69, 9.17) is 5.26 Å². The molecule has 0 atom stereocenters. The van der Waals surface area contributed by atoms with E-state index in [0.29, 0.717) is 16.8 Å². The lowest BCUT2D eigenvalue weighted by Crippen LogP contribution is -2.24. The minimum Gasteiger partial charge on any atom is -0.328 e. The van der Waals surface area contributed by atoms with Crippen LogP contribution in [-0.2, 0) is 0 Å². The van der Waals surface area contributed by atoms with Crippen LogP contribution < -0.4 is 10.9 Å². The molecule has 19 heavy (non-hydrogen) atoms. The number of benzene rings is 1. The Balaban J connectivity index is 2.37. The summed E-state index contributed by atoms with van der Waals surface area (Å²) in [5.74, 6) is -0.526. The summed E-state index contributed by atoms with van der Waals surface area (Å²) in [7, 11) is 0. The first kappa shape index (κ1) is 12.6. The molecule has 0 unspecified atom stereocenters. The highest BCUT2D eigenvalue weighted by atomic mass is 16.2. The fraction of sp³-hybridized carbons (Fsp3) is 0.0714. The van der Waals surface area contributed by atoms with Gasteiger partial charge in [0.2, 0.25) is 0 Å². The van der Waals surface area contributed by atoms with Gasteiger partial charge in [-0.15, -0.1) is 0 Å². The van der Waals surface area contributed by atoms with Crippen LogP contribution in [0.2, 0.25) is 0 Å². The Kier molecular flexibility index (Phi) is 3.44. The van der Waals surface area contributed by atoms with Gasteiger partial charge in [-0.1, -0.05) is 12.1 Å². The van der Waals surface area contributed by atoms with Crippen LogP contribution in [0.25, 0.3) is 0 Å². The molecule has 5 nitrogen and oxygen atoms in total. The van der Waals surface area contributed by atoms with Gasteiger partial charge in [-0.05, 0) is 30.7 Å². The summed E-state index contributed by atoms with van der Waals surface area (Å²) >= 11 is 0. The Hall–Kier alpha value is -2.87. The molecule has 0 aliphatic rings. The van der Waals surface area contributed by atoms with Crippen LogP contribution in [0.3, 0.4) is 0 Å². The number of rotatable bonds is 2. The van der Waals surface area contributed by atoms with Crippen molar-refractivity contribution in [3.8, 4) is 6.07 Å². The molecule has 94 valence electrons.